The minimum Gasteiger partial charge on any atom is -0.388 e. The third-order valence-electron chi connectivity index (χ3n) is 10.7. The van der Waals surface area contributed by atoms with Crippen LogP contribution in [-0.4, -0.2) is 101 Å². The molecule has 0 aromatic heterocycles. The van der Waals surface area contributed by atoms with Crippen molar-refractivity contribution in [2.45, 2.75) is 132 Å². The SMILES string of the molecule is C/C=C(\C)[C@@H](O)[C@@H](C)[C@@H](C)C/C=C(\C)C(=O)N[C@H](CC(C)C)C(=O)N[C@@H](C)C(=O)N(C)[C@H](Cc1ccc(Cl)cc1)C(=O)N(C)CC(=O)NC(C(C)=O)[C@@H](C)CC. The largest absolute Gasteiger partial charge is 0.388 e. The molecule has 0 aliphatic heterocycles. The number of likely N-dealkylation sites (N-methyl/N-ethyl adjacent to an activating group) is 2. The monoisotopic (exact) mass is 801 g/mol. The molecule has 0 fully saturated rings. The Labute approximate surface area is 340 Å². The number of amides is 5. The summed E-state index contributed by atoms with van der Waals surface area (Å²) in [7, 11) is 2.92. The molecule has 0 bridgehead atoms. The summed E-state index contributed by atoms with van der Waals surface area (Å²) in [6, 6.07) is 3.07. The van der Waals surface area contributed by atoms with Crippen LogP contribution in [0.15, 0.2) is 47.6 Å². The maximum atomic E-state index is 14.0. The molecule has 1 unspecified atom stereocenters. The van der Waals surface area contributed by atoms with Gasteiger partial charge in [0, 0.05) is 31.1 Å². The predicted octanol–water partition coefficient (Wildman–Crippen LogP) is 5.26. The molecule has 12 nitrogen and oxygen atoms in total. The number of nitrogens with one attached hydrogen (secondary N) is 3. The van der Waals surface area contributed by atoms with E-state index in [4.69, 9.17) is 11.6 Å². The standard InChI is InChI=1S/C43H68ClN5O7/c1-14-26(5)38(32(11)50)47-37(51)24-48(12)43(56)36(23-33-18-20-34(44)21-19-33)49(13)42(55)31(10)45-41(54)35(22-25(3)4)46-40(53)29(8)17-16-28(7)30(9)39(52)27(6)15-2/h15,17-21,25-26,28,30-31,35-36,38-39,52H,14,16,22-24H2,1-13H3,(H,45,54)(H,46,53)(H,47,51)/b27-15+,29-17+/t26-,28-,30-,31-,35+,36+,38?,39+/m0/s1. The summed E-state index contributed by atoms with van der Waals surface area (Å²) in [6.45, 7) is 19.7. The normalized spacial score (nSPS) is 16.4. The third kappa shape index (κ3) is 15.8. The number of aliphatic hydroxyl groups excluding tert-OH is 1. The fraction of sp³-hybridized carbons (Fsp3) is 0.628. The van der Waals surface area contributed by atoms with Crippen LogP contribution in [0.5, 0.6) is 0 Å². The third-order valence-corrected chi connectivity index (χ3v) is 10.9. The first-order valence-corrected chi connectivity index (χ1v) is 20.1. The van der Waals surface area contributed by atoms with Gasteiger partial charge in [-0.15, -0.1) is 0 Å². The summed E-state index contributed by atoms with van der Waals surface area (Å²) >= 11 is 6.10. The number of nitrogens with zero attached hydrogens (tertiary/aromatic N) is 2. The predicted molar refractivity (Wildman–Crippen MR) is 223 cm³/mol. The van der Waals surface area contributed by atoms with Gasteiger partial charge in [-0.05, 0) is 94.4 Å². The molecule has 0 radical (unpaired) electrons. The Morgan fingerprint density at radius 3 is 1.96 bits per heavy atom. The van der Waals surface area contributed by atoms with Gasteiger partial charge in [0.05, 0.1) is 18.7 Å². The van der Waals surface area contributed by atoms with Gasteiger partial charge in [-0.2, -0.15) is 0 Å². The van der Waals surface area contributed by atoms with Gasteiger partial charge in [0.1, 0.15) is 18.1 Å². The van der Waals surface area contributed by atoms with E-state index >= 15 is 0 Å². The molecule has 0 spiro atoms. The summed E-state index contributed by atoms with van der Waals surface area (Å²) in [4.78, 5) is 82.5. The van der Waals surface area contributed by atoms with Crippen LogP contribution < -0.4 is 16.0 Å². The van der Waals surface area contributed by atoms with E-state index in [0.717, 1.165) is 5.57 Å². The van der Waals surface area contributed by atoms with E-state index in [1.807, 2.05) is 67.5 Å². The molecule has 1 rings (SSSR count). The van der Waals surface area contributed by atoms with Crippen molar-refractivity contribution in [2.24, 2.45) is 23.7 Å². The molecular formula is C43H68ClN5O7. The van der Waals surface area contributed by atoms with Gasteiger partial charge in [0.15, 0.2) is 5.78 Å². The summed E-state index contributed by atoms with van der Waals surface area (Å²) in [5, 5.41) is 19.4. The lowest BCUT2D eigenvalue weighted by atomic mass is 9.85. The van der Waals surface area contributed by atoms with Crippen molar-refractivity contribution >= 4 is 46.9 Å². The van der Waals surface area contributed by atoms with Crippen LogP contribution in [-0.2, 0) is 35.2 Å². The van der Waals surface area contributed by atoms with Crippen LogP contribution >= 0.6 is 11.6 Å². The quantitative estimate of drug-likeness (QED) is 0.0918. The molecule has 13 heteroatoms. The van der Waals surface area contributed by atoms with E-state index < -0.39 is 59.8 Å². The maximum Gasteiger partial charge on any atom is 0.247 e. The topological polar surface area (TPSA) is 165 Å². The summed E-state index contributed by atoms with van der Waals surface area (Å²) in [5.74, 6) is -2.73. The van der Waals surface area contributed by atoms with Crippen LogP contribution in [0.1, 0.15) is 101 Å². The molecule has 0 saturated carbocycles. The molecule has 56 heavy (non-hydrogen) atoms. The second kappa shape index (κ2) is 23.9. The number of hydrogen-bond acceptors (Lipinski definition) is 7. The number of halogens is 1. The van der Waals surface area contributed by atoms with Crippen molar-refractivity contribution in [1.82, 2.24) is 25.8 Å². The van der Waals surface area contributed by atoms with Crippen LogP contribution in [0.2, 0.25) is 5.02 Å². The van der Waals surface area contributed by atoms with Gasteiger partial charge in [-0.3, -0.25) is 28.8 Å². The number of Topliss-reactive ketones (excluding diaryl/α,β-unsaturated/α-hetero) is 1. The Hall–Kier alpha value is -4.03. The van der Waals surface area contributed by atoms with Crippen LogP contribution in [0, 0.1) is 23.7 Å². The van der Waals surface area contributed by atoms with Crippen LogP contribution in [0.25, 0.3) is 0 Å². The Morgan fingerprint density at radius 2 is 1.45 bits per heavy atom. The Balaban J connectivity index is 3.20. The molecule has 1 aromatic rings. The van der Waals surface area contributed by atoms with E-state index in [2.05, 4.69) is 16.0 Å². The second-order valence-corrected chi connectivity index (χ2v) is 16.3. The number of ketones is 1. The number of carbonyl (C=O) groups excluding carboxylic acids is 6. The number of rotatable bonds is 22. The highest BCUT2D eigenvalue weighted by Gasteiger charge is 2.34. The van der Waals surface area contributed by atoms with Crippen molar-refractivity contribution in [3.63, 3.8) is 0 Å². The van der Waals surface area contributed by atoms with Crippen molar-refractivity contribution in [3.8, 4) is 0 Å². The van der Waals surface area contributed by atoms with Gasteiger partial charge >= 0.3 is 0 Å². The summed E-state index contributed by atoms with van der Waals surface area (Å²) in [6.07, 6.45) is 4.75. The smallest absolute Gasteiger partial charge is 0.247 e. The first kappa shape index (κ1) is 50.0. The molecule has 0 aliphatic carbocycles. The summed E-state index contributed by atoms with van der Waals surface area (Å²) in [5.41, 5.74) is 2.04. The molecule has 8 atom stereocenters. The molecule has 0 aliphatic rings. The fourth-order valence-electron chi connectivity index (χ4n) is 6.26. The van der Waals surface area contributed by atoms with E-state index in [-0.39, 0.29) is 42.4 Å². The summed E-state index contributed by atoms with van der Waals surface area (Å²) < 4.78 is 0. The zero-order valence-electron chi connectivity index (χ0n) is 35.9. The minimum atomic E-state index is -1.08. The molecular weight excluding hydrogens is 734 g/mol. The minimum absolute atomic E-state index is 0.0316. The molecule has 0 heterocycles. The Kier molecular flexibility index (Phi) is 21.3. The van der Waals surface area contributed by atoms with E-state index in [0.29, 0.717) is 35.4 Å². The molecule has 4 N–H and O–H groups in total. The number of benzene rings is 1. The highest BCUT2D eigenvalue weighted by atomic mass is 35.5. The highest BCUT2D eigenvalue weighted by molar-refractivity contribution is 6.30. The average molecular weight is 802 g/mol. The van der Waals surface area contributed by atoms with Crippen molar-refractivity contribution in [3.05, 3.63) is 58.1 Å². The second-order valence-electron chi connectivity index (χ2n) is 15.9. The van der Waals surface area contributed by atoms with Gasteiger partial charge in [0.25, 0.3) is 0 Å². The van der Waals surface area contributed by atoms with Crippen LogP contribution in [0.4, 0.5) is 0 Å². The first-order chi connectivity index (χ1) is 26.0. The Bertz CT molecular complexity index is 1560. The van der Waals surface area contributed by atoms with E-state index in [1.54, 1.807) is 31.2 Å². The van der Waals surface area contributed by atoms with Gasteiger partial charge in [0.2, 0.25) is 29.5 Å². The zero-order valence-corrected chi connectivity index (χ0v) is 36.6. The van der Waals surface area contributed by atoms with E-state index in [1.165, 1.54) is 37.7 Å². The number of hydrogen-bond donors (Lipinski definition) is 4. The molecule has 0 saturated heterocycles. The molecule has 1 aromatic carbocycles. The lowest BCUT2D eigenvalue weighted by Gasteiger charge is -2.33. The molecule has 5 amide bonds. The Morgan fingerprint density at radius 1 is 0.857 bits per heavy atom. The number of carbonyl (C=O) groups is 6. The van der Waals surface area contributed by atoms with Gasteiger partial charge in [-0.25, -0.2) is 0 Å². The maximum absolute atomic E-state index is 14.0. The lowest BCUT2D eigenvalue weighted by molar-refractivity contribution is -0.146. The highest BCUT2D eigenvalue weighted by Crippen LogP contribution is 2.24. The van der Waals surface area contributed by atoms with Gasteiger partial charge in [-0.1, -0.05) is 83.8 Å². The number of allylic oxidation sites excluding steroid dienone is 2. The van der Waals surface area contributed by atoms with Gasteiger partial charge < -0.3 is 30.9 Å². The fourth-order valence-corrected chi connectivity index (χ4v) is 6.38. The molecule has 314 valence electrons. The van der Waals surface area contributed by atoms with Crippen LogP contribution in [0.3, 0.4) is 0 Å². The average Bonchev–Trinajstić information content (AvgIpc) is 3.15. The first-order valence-electron chi connectivity index (χ1n) is 19.7. The number of aliphatic hydroxyl groups is 1. The van der Waals surface area contributed by atoms with E-state index in [9.17, 15) is 33.9 Å². The zero-order chi connectivity index (χ0) is 43.0. The lowest BCUT2D eigenvalue weighted by Crippen LogP contribution is -2.57. The van der Waals surface area contributed by atoms with Crippen molar-refractivity contribution in [1.29, 1.82) is 0 Å². The van der Waals surface area contributed by atoms with Crippen molar-refractivity contribution in [2.75, 3.05) is 20.6 Å². The van der Waals surface area contributed by atoms with Crippen molar-refractivity contribution < 1.29 is 33.9 Å².